The van der Waals surface area contributed by atoms with Gasteiger partial charge in [0, 0.05) is 56.0 Å². The van der Waals surface area contributed by atoms with Gasteiger partial charge in [-0.3, -0.25) is 4.79 Å². The van der Waals surface area contributed by atoms with E-state index in [-0.39, 0.29) is 5.91 Å². The summed E-state index contributed by atoms with van der Waals surface area (Å²) in [6.07, 6.45) is 7.87. The summed E-state index contributed by atoms with van der Waals surface area (Å²) in [5.74, 6) is 1.37. The van der Waals surface area contributed by atoms with Crippen LogP contribution in [-0.4, -0.2) is 40.5 Å². The Labute approximate surface area is 168 Å². The summed E-state index contributed by atoms with van der Waals surface area (Å²) in [7, 11) is 0. The molecule has 8 heteroatoms. The fraction of sp³-hybridized carbons (Fsp3) is 0.450. The van der Waals surface area contributed by atoms with E-state index >= 15 is 0 Å². The molecule has 0 aliphatic carbocycles. The minimum Gasteiger partial charge on any atom is -0.423 e. The number of hydrogen-bond donors (Lipinski definition) is 2. The van der Waals surface area contributed by atoms with Gasteiger partial charge in [-0.05, 0) is 37.3 Å². The van der Waals surface area contributed by atoms with Crippen LogP contribution in [0.15, 0.2) is 35.0 Å². The van der Waals surface area contributed by atoms with Crippen LogP contribution in [0.1, 0.15) is 31.5 Å². The van der Waals surface area contributed by atoms with Crippen LogP contribution in [0, 0.1) is 5.92 Å². The van der Waals surface area contributed by atoms with Crippen molar-refractivity contribution in [3.8, 4) is 0 Å². The molecule has 2 N–H and O–H groups in total. The SMILES string of the molecule is O=C(CC1CCCN(c2nc3ccc(Cl)cc3o2)C1)NCCCc1ncc[nH]1. The van der Waals surface area contributed by atoms with Gasteiger partial charge < -0.3 is 19.6 Å². The van der Waals surface area contributed by atoms with Gasteiger partial charge in [-0.2, -0.15) is 4.98 Å². The molecule has 148 valence electrons. The molecule has 4 rings (SSSR count). The largest absolute Gasteiger partial charge is 0.423 e. The van der Waals surface area contributed by atoms with E-state index in [1.165, 1.54) is 0 Å². The molecular weight excluding hydrogens is 378 g/mol. The van der Waals surface area contributed by atoms with Crippen molar-refractivity contribution in [3.63, 3.8) is 0 Å². The molecule has 2 aromatic heterocycles. The lowest BCUT2D eigenvalue weighted by Crippen LogP contribution is -2.38. The summed E-state index contributed by atoms with van der Waals surface area (Å²) in [6, 6.07) is 6.07. The van der Waals surface area contributed by atoms with Gasteiger partial charge in [-0.15, -0.1) is 0 Å². The highest BCUT2D eigenvalue weighted by atomic mass is 35.5. The first-order valence-corrected chi connectivity index (χ1v) is 10.1. The average Bonchev–Trinajstić information content (AvgIpc) is 3.35. The molecule has 0 spiro atoms. The summed E-state index contributed by atoms with van der Waals surface area (Å²) in [6.45, 7) is 2.34. The topological polar surface area (TPSA) is 87.1 Å². The maximum Gasteiger partial charge on any atom is 0.298 e. The van der Waals surface area contributed by atoms with Crippen LogP contribution in [0.4, 0.5) is 6.01 Å². The van der Waals surface area contributed by atoms with E-state index in [4.69, 9.17) is 16.0 Å². The molecule has 1 saturated heterocycles. The highest BCUT2D eigenvalue weighted by Gasteiger charge is 2.25. The third-order valence-electron chi connectivity index (χ3n) is 5.07. The van der Waals surface area contributed by atoms with Crippen molar-refractivity contribution in [2.45, 2.75) is 32.1 Å². The van der Waals surface area contributed by atoms with Crippen LogP contribution < -0.4 is 10.2 Å². The van der Waals surface area contributed by atoms with E-state index in [1.807, 2.05) is 18.3 Å². The fourth-order valence-corrected chi connectivity index (χ4v) is 3.84. The maximum absolute atomic E-state index is 12.3. The Bertz CT molecular complexity index is 924. The number of hydrogen-bond acceptors (Lipinski definition) is 5. The predicted octanol–water partition coefficient (Wildman–Crippen LogP) is 3.56. The number of carbonyl (C=O) groups is 1. The van der Waals surface area contributed by atoms with Gasteiger partial charge in [0.1, 0.15) is 11.3 Å². The molecule has 1 aliphatic heterocycles. The van der Waals surface area contributed by atoms with Gasteiger partial charge in [0.15, 0.2) is 5.58 Å². The number of imidazole rings is 1. The van der Waals surface area contributed by atoms with Crippen molar-refractivity contribution in [2.75, 3.05) is 24.5 Å². The number of oxazole rings is 1. The third kappa shape index (κ3) is 4.65. The summed E-state index contributed by atoms with van der Waals surface area (Å²) in [4.78, 5) is 26.2. The number of anilines is 1. The van der Waals surface area contributed by atoms with Crippen molar-refractivity contribution in [3.05, 3.63) is 41.4 Å². The molecule has 7 nitrogen and oxygen atoms in total. The summed E-state index contributed by atoms with van der Waals surface area (Å²) < 4.78 is 5.88. The number of aryl methyl sites for hydroxylation is 1. The first-order valence-electron chi connectivity index (χ1n) is 9.73. The fourth-order valence-electron chi connectivity index (χ4n) is 3.68. The third-order valence-corrected chi connectivity index (χ3v) is 5.31. The van der Waals surface area contributed by atoms with Crippen molar-refractivity contribution in [2.24, 2.45) is 5.92 Å². The highest BCUT2D eigenvalue weighted by Crippen LogP contribution is 2.28. The van der Waals surface area contributed by atoms with Gasteiger partial charge >= 0.3 is 0 Å². The zero-order valence-corrected chi connectivity index (χ0v) is 16.4. The Morgan fingerprint density at radius 3 is 3.21 bits per heavy atom. The molecule has 1 fully saturated rings. The number of fused-ring (bicyclic) bond motifs is 1. The number of nitrogens with one attached hydrogen (secondary N) is 2. The number of benzene rings is 1. The van der Waals surface area contributed by atoms with E-state index in [0.29, 0.717) is 35.5 Å². The Hall–Kier alpha value is -2.54. The summed E-state index contributed by atoms with van der Waals surface area (Å²) in [5.41, 5.74) is 1.50. The first kappa shape index (κ1) is 18.8. The predicted molar refractivity (Wildman–Crippen MR) is 108 cm³/mol. The molecule has 1 aliphatic rings. The molecule has 3 aromatic rings. The molecule has 1 atom stereocenters. The molecule has 28 heavy (non-hydrogen) atoms. The number of halogens is 1. The lowest BCUT2D eigenvalue weighted by molar-refractivity contribution is -0.122. The van der Waals surface area contributed by atoms with Crippen LogP contribution in [0.25, 0.3) is 11.1 Å². The van der Waals surface area contributed by atoms with Gasteiger partial charge in [0.2, 0.25) is 5.91 Å². The van der Waals surface area contributed by atoms with Crippen molar-refractivity contribution in [1.29, 1.82) is 0 Å². The second-order valence-electron chi connectivity index (χ2n) is 7.26. The first-order chi connectivity index (χ1) is 13.7. The Morgan fingerprint density at radius 2 is 2.36 bits per heavy atom. The number of nitrogens with zero attached hydrogens (tertiary/aromatic N) is 3. The van der Waals surface area contributed by atoms with Crippen LogP contribution in [0.2, 0.25) is 5.02 Å². The maximum atomic E-state index is 12.3. The number of rotatable bonds is 7. The van der Waals surface area contributed by atoms with E-state index in [2.05, 4.69) is 25.2 Å². The molecule has 1 amide bonds. The highest BCUT2D eigenvalue weighted by molar-refractivity contribution is 6.31. The van der Waals surface area contributed by atoms with Gasteiger partial charge in [-0.25, -0.2) is 4.98 Å². The summed E-state index contributed by atoms with van der Waals surface area (Å²) in [5, 5.41) is 3.66. The second-order valence-corrected chi connectivity index (χ2v) is 7.69. The number of aromatic amines is 1. The number of piperidine rings is 1. The molecule has 0 radical (unpaired) electrons. The number of aromatic nitrogens is 3. The molecule has 0 bridgehead atoms. The monoisotopic (exact) mass is 401 g/mol. The van der Waals surface area contributed by atoms with Crippen LogP contribution >= 0.6 is 11.6 Å². The minimum absolute atomic E-state index is 0.107. The average molecular weight is 402 g/mol. The minimum atomic E-state index is 0.107. The zero-order chi connectivity index (χ0) is 19.3. The Kier molecular flexibility index (Phi) is 5.81. The summed E-state index contributed by atoms with van der Waals surface area (Å²) >= 11 is 6.02. The van der Waals surface area contributed by atoms with E-state index in [0.717, 1.165) is 50.1 Å². The van der Waals surface area contributed by atoms with Crippen molar-refractivity contribution >= 4 is 34.6 Å². The Balaban J connectivity index is 1.26. The zero-order valence-electron chi connectivity index (χ0n) is 15.7. The number of amides is 1. The Morgan fingerprint density at radius 1 is 1.43 bits per heavy atom. The van der Waals surface area contributed by atoms with Crippen LogP contribution in [-0.2, 0) is 11.2 Å². The van der Waals surface area contributed by atoms with Gasteiger partial charge in [0.05, 0.1) is 0 Å². The molecular formula is C20H24ClN5O2. The van der Waals surface area contributed by atoms with E-state index in [1.54, 1.807) is 12.3 Å². The molecule has 0 saturated carbocycles. The lowest BCUT2D eigenvalue weighted by atomic mass is 9.94. The van der Waals surface area contributed by atoms with E-state index in [9.17, 15) is 4.79 Å². The normalized spacial score (nSPS) is 17.2. The van der Waals surface area contributed by atoms with Crippen LogP contribution in [0.5, 0.6) is 0 Å². The molecule has 3 heterocycles. The second kappa shape index (κ2) is 8.65. The van der Waals surface area contributed by atoms with Gasteiger partial charge in [-0.1, -0.05) is 11.6 Å². The number of carbonyl (C=O) groups excluding carboxylic acids is 1. The van der Waals surface area contributed by atoms with E-state index < -0.39 is 0 Å². The number of H-pyrrole nitrogens is 1. The van der Waals surface area contributed by atoms with Crippen LogP contribution in [0.3, 0.4) is 0 Å². The standard InChI is InChI=1S/C20H24ClN5O2/c21-15-5-6-16-17(12-15)28-20(25-16)26-10-2-3-14(13-26)11-19(27)24-7-1-4-18-22-8-9-23-18/h5-6,8-9,12,14H,1-4,7,10-11,13H2,(H,22,23)(H,24,27). The van der Waals surface area contributed by atoms with Crippen molar-refractivity contribution in [1.82, 2.24) is 20.3 Å². The quantitative estimate of drug-likeness (QED) is 0.591. The lowest BCUT2D eigenvalue weighted by Gasteiger charge is -2.31. The molecule has 1 unspecified atom stereocenters. The smallest absolute Gasteiger partial charge is 0.298 e. The van der Waals surface area contributed by atoms with Crippen molar-refractivity contribution < 1.29 is 9.21 Å². The van der Waals surface area contributed by atoms with Gasteiger partial charge in [0.25, 0.3) is 6.01 Å². The molecule has 1 aromatic carbocycles.